The minimum Gasteiger partial charge on any atom is -0.455 e. The van der Waals surface area contributed by atoms with Crippen molar-refractivity contribution in [3.05, 3.63) is 18.2 Å². The summed E-state index contributed by atoms with van der Waals surface area (Å²) >= 11 is 0. The van der Waals surface area contributed by atoms with Crippen LogP contribution < -0.4 is 5.73 Å². The van der Waals surface area contributed by atoms with Crippen LogP contribution in [-0.4, -0.2) is 27.7 Å². The quantitative estimate of drug-likeness (QED) is 0.751. The van der Waals surface area contributed by atoms with Crippen LogP contribution in [0.4, 0.5) is 0 Å². The van der Waals surface area contributed by atoms with Crippen molar-refractivity contribution in [1.82, 2.24) is 9.55 Å². The minimum absolute atomic E-state index is 0.367. The lowest BCUT2D eigenvalue weighted by atomic mass is 10.2. The fourth-order valence-corrected chi connectivity index (χ4v) is 1.14. The van der Waals surface area contributed by atoms with Gasteiger partial charge in [-0.05, 0) is 20.8 Å². The second-order valence-corrected chi connectivity index (χ2v) is 4.26. The molecule has 15 heavy (non-hydrogen) atoms. The number of aromatic nitrogens is 2. The molecule has 1 heterocycles. The van der Waals surface area contributed by atoms with E-state index in [1.807, 2.05) is 20.8 Å². The molecule has 0 atom stereocenters. The molecule has 1 aromatic rings. The number of imidazole rings is 1. The number of esters is 1. The minimum atomic E-state index is -0.491. The molecule has 0 fully saturated rings. The Bertz CT molecular complexity index is 339. The predicted molar refractivity (Wildman–Crippen MR) is 56.4 cm³/mol. The largest absolute Gasteiger partial charge is 0.455 e. The highest BCUT2D eigenvalue weighted by Crippen LogP contribution is 2.11. The molecule has 84 valence electrons. The van der Waals surface area contributed by atoms with E-state index in [1.165, 1.54) is 6.20 Å². The number of ether oxygens (including phenoxy) is 1. The first-order valence-corrected chi connectivity index (χ1v) is 4.87. The van der Waals surface area contributed by atoms with Gasteiger partial charge in [-0.2, -0.15) is 0 Å². The lowest BCUT2D eigenvalue weighted by Crippen LogP contribution is -2.26. The van der Waals surface area contributed by atoms with Crippen LogP contribution >= 0.6 is 0 Å². The van der Waals surface area contributed by atoms with E-state index in [0.717, 1.165) is 0 Å². The third kappa shape index (κ3) is 3.36. The maximum atomic E-state index is 11.7. The zero-order valence-electron chi connectivity index (χ0n) is 9.36. The SMILES string of the molecule is CC(C)(C)OC(=O)c1cncn1CCN. The molecule has 0 radical (unpaired) electrons. The number of nitrogens with two attached hydrogens (primary N) is 1. The van der Waals surface area contributed by atoms with Crippen LogP contribution in [0, 0.1) is 0 Å². The highest BCUT2D eigenvalue weighted by molar-refractivity contribution is 5.87. The fourth-order valence-electron chi connectivity index (χ4n) is 1.14. The third-order valence-corrected chi connectivity index (χ3v) is 1.69. The van der Waals surface area contributed by atoms with E-state index < -0.39 is 5.60 Å². The Morgan fingerprint density at radius 3 is 2.80 bits per heavy atom. The van der Waals surface area contributed by atoms with E-state index in [9.17, 15) is 4.79 Å². The molecular weight excluding hydrogens is 194 g/mol. The molecule has 1 rings (SSSR count). The van der Waals surface area contributed by atoms with Gasteiger partial charge in [-0.25, -0.2) is 9.78 Å². The standard InChI is InChI=1S/C10H17N3O2/c1-10(2,3)15-9(14)8-6-12-7-13(8)5-4-11/h6-7H,4-5,11H2,1-3H3. The molecule has 0 unspecified atom stereocenters. The molecule has 0 saturated heterocycles. The Morgan fingerprint density at radius 1 is 1.60 bits per heavy atom. The lowest BCUT2D eigenvalue weighted by molar-refractivity contribution is 0.00578. The number of hydrogen-bond donors (Lipinski definition) is 1. The Morgan fingerprint density at radius 2 is 2.27 bits per heavy atom. The maximum Gasteiger partial charge on any atom is 0.357 e. The van der Waals surface area contributed by atoms with Gasteiger partial charge < -0.3 is 15.0 Å². The van der Waals surface area contributed by atoms with Gasteiger partial charge in [0.1, 0.15) is 11.3 Å². The Balaban J connectivity index is 2.77. The van der Waals surface area contributed by atoms with Gasteiger partial charge in [0, 0.05) is 13.1 Å². The average Bonchev–Trinajstić information content (AvgIpc) is 2.49. The molecule has 2 N–H and O–H groups in total. The summed E-state index contributed by atoms with van der Waals surface area (Å²) in [6, 6.07) is 0. The van der Waals surface area contributed by atoms with Gasteiger partial charge in [-0.1, -0.05) is 0 Å². The number of carbonyl (C=O) groups excluding carboxylic acids is 1. The van der Waals surface area contributed by atoms with Crippen molar-refractivity contribution in [2.45, 2.75) is 32.9 Å². The number of hydrogen-bond acceptors (Lipinski definition) is 4. The van der Waals surface area contributed by atoms with E-state index in [-0.39, 0.29) is 5.97 Å². The van der Waals surface area contributed by atoms with Crippen LogP contribution in [-0.2, 0) is 11.3 Å². The average molecular weight is 211 g/mol. The highest BCUT2D eigenvalue weighted by Gasteiger charge is 2.20. The van der Waals surface area contributed by atoms with Crippen molar-refractivity contribution in [3.8, 4) is 0 Å². The molecule has 0 aliphatic rings. The van der Waals surface area contributed by atoms with Gasteiger partial charge in [0.15, 0.2) is 0 Å². The molecule has 0 bridgehead atoms. The van der Waals surface area contributed by atoms with Crippen LogP contribution in [0.15, 0.2) is 12.5 Å². The summed E-state index contributed by atoms with van der Waals surface area (Å²) in [5, 5.41) is 0. The normalized spacial score (nSPS) is 11.5. The summed E-state index contributed by atoms with van der Waals surface area (Å²) in [5.41, 5.74) is 5.36. The summed E-state index contributed by atoms with van der Waals surface area (Å²) < 4.78 is 6.92. The first-order valence-electron chi connectivity index (χ1n) is 4.87. The van der Waals surface area contributed by atoms with Crippen molar-refractivity contribution in [2.24, 2.45) is 5.73 Å². The molecule has 1 aromatic heterocycles. The topological polar surface area (TPSA) is 70.1 Å². The summed E-state index contributed by atoms with van der Waals surface area (Å²) in [5.74, 6) is -0.367. The predicted octanol–water partition coefficient (Wildman–Crippen LogP) is 0.797. The van der Waals surface area contributed by atoms with Gasteiger partial charge in [0.2, 0.25) is 0 Å². The second kappa shape index (κ2) is 4.44. The monoisotopic (exact) mass is 211 g/mol. The van der Waals surface area contributed by atoms with Crippen LogP contribution in [0.2, 0.25) is 0 Å². The van der Waals surface area contributed by atoms with Gasteiger partial charge in [-0.15, -0.1) is 0 Å². The van der Waals surface area contributed by atoms with Crippen molar-refractivity contribution in [1.29, 1.82) is 0 Å². The molecule has 0 aliphatic carbocycles. The molecule has 5 nitrogen and oxygen atoms in total. The van der Waals surface area contributed by atoms with Crippen molar-refractivity contribution < 1.29 is 9.53 Å². The molecule has 0 aromatic carbocycles. The molecule has 0 spiro atoms. The van der Waals surface area contributed by atoms with E-state index >= 15 is 0 Å². The van der Waals surface area contributed by atoms with E-state index in [2.05, 4.69) is 4.98 Å². The molecule has 0 amide bonds. The van der Waals surface area contributed by atoms with Crippen LogP contribution in [0.25, 0.3) is 0 Å². The number of nitrogens with zero attached hydrogens (tertiary/aromatic N) is 2. The van der Waals surface area contributed by atoms with E-state index in [1.54, 1.807) is 10.9 Å². The first kappa shape index (κ1) is 11.7. The maximum absolute atomic E-state index is 11.7. The van der Waals surface area contributed by atoms with Crippen LogP contribution in [0.3, 0.4) is 0 Å². The Hall–Kier alpha value is -1.36. The van der Waals surface area contributed by atoms with Gasteiger partial charge in [0.05, 0.1) is 12.5 Å². The summed E-state index contributed by atoms with van der Waals surface area (Å²) in [6.07, 6.45) is 3.07. The van der Waals surface area contributed by atoms with Gasteiger partial charge in [0.25, 0.3) is 0 Å². The zero-order chi connectivity index (χ0) is 11.5. The summed E-state index contributed by atoms with van der Waals surface area (Å²) in [6.45, 7) is 6.51. The van der Waals surface area contributed by atoms with Crippen molar-refractivity contribution in [3.63, 3.8) is 0 Å². The van der Waals surface area contributed by atoms with E-state index in [0.29, 0.717) is 18.8 Å². The molecule has 0 aliphatic heterocycles. The van der Waals surface area contributed by atoms with Crippen LogP contribution in [0.5, 0.6) is 0 Å². The number of carbonyl (C=O) groups is 1. The Kier molecular flexibility index (Phi) is 3.47. The highest BCUT2D eigenvalue weighted by atomic mass is 16.6. The van der Waals surface area contributed by atoms with Crippen molar-refractivity contribution in [2.75, 3.05) is 6.54 Å². The summed E-state index contributed by atoms with van der Waals surface area (Å²) in [4.78, 5) is 15.6. The van der Waals surface area contributed by atoms with Gasteiger partial charge in [-0.3, -0.25) is 0 Å². The lowest BCUT2D eigenvalue weighted by Gasteiger charge is -2.19. The molecule has 0 saturated carbocycles. The fraction of sp³-hybridized carbons (Fsp3) is 0.600. The first-order chi connectivity index (χ1) is 6.94. The van der Waals surface area contributed by atoms with Crippen LogP contribution in [0.1, 0.15) is 31.3 Å². The van der Waals surface area contributed by atoms with Crippen molar-refractivity contribution >= 4 is 5.97 Å². The smallest absolute Gasteiger partial charge is 0.357 e. The van der Waals surface area contributed by atoms with Gasteiger partial charge >= 0.3 is 5.97 Å². The second-order valence-electron chi connectivity index (χ2n) is 4.26. The zero-order valence-corrected chi connectivity index (χ0v) is 9.36. The summed E-state index contributed by atoms with van der Waals surface area (Å²) in [7, 11) is 0. The van der Waals surface area contributed by atoms with E-state index in [4.69, 9.17) is 10.5 Å². The number of rotatable bonds is 3. The molecular formula is C10H17N3O2. The Labute approximate surface area is 89.2 Å². The molecule has 5 heteroatoms. The third-order valence-electron chi connectivity index (χ3n) is 1.69.